The number of hydrogen-bond acceptors (Lipinski definition) is 5. The Morgan fingerprint density at radius 2 is 2.13 bits per heavy atom. The molecule has 0 bridgehead atoms. The van der Waals surface area contributed by atoms with Gasteiger partial charge in [0.25, 0.3) is 5.91 Å². The Morgan fingerprint density at radius 1 is 1.52 bits per heavy atom. The summed E-state index contributed by atoms with van der Waals surface area (Å²) in [6.45, 7) is 6.18. The molecule has 23 heavy (non-hydrogen) atoms. The third kappa shape index (κ3) is 2.50. The van der Waals surface area contributed by atoms with E-state index in [1.165, 1.54) is 11.7 Å². The molecule has 8 heteroatoms. The second kappa shape index (κ2) is 6.27. The predicted octanol–water partition coefficient (Wildman–Crippen LogP) is 1.90. The smallest absolute Gasteiger partial charge is 0.320 e. The fourth-order valence-corrected chi connectivity index (χ4v) is 4.13. The highest BCUT2D eigenvalue weighted by molar-refractivity contribution is 5.96. The van der Waals surface area contributed by atoms with Crippen LogP contribution >= 0.6 is 0 Å². The fourth-order valence-electron chi connectivity index (χ4n) is 4.13. The molecule has 0 aliphatic heterocycles. The predicted molar refractivity (Wildman–Crippen MR) is 84.1 cm³/mol. The topological polar surface area (TPSA) is 99.3 Å². The molecule has 0 saturated heterocycles. The minimum absolute atomic E-state index is 0.0239. The van der Waals surface area contributed by atoms with Crippen molar-refractivity contribution in [2.45, 2.75) is 45.8 Å². The highest BCUT2D eigenvalue weighted by Crippen LogP contribution is 2.52. The van der Waals surface area contributed by atoms with Crippen molar-refractivity contribution in [3.8, 4) is 0 Å². The average Bonchev–Trinajstić information content (AvgIpc) is 2.91. The first-order valence-corrected chi connectivity index (χ1v) is 7.84. The van der Waals surface area contributed by atoms with Crippen LogP contribution in [0.4, 0.5) is 5.69 Å². The lowest BCUT2D eigenvalue weighted by atomic mass is 9.53. The minimum Gasteiger partial charge on any atom is -0.380 e. The Labute approximate surface area is 135 Å². The van der Waals surface area contributed by atoms with Crippen LogP contribution in [0.1, 0.15) is 44.1 Å². The third-order valence-electron chi connectivity index (χ3n) is 5.38. The maximum atomic E-state index is 12.6. The quantitative estimate of drug-likeness (QED) is 0.636. The molecule has 1 aliphatic carbocycles. The summed E-state index contributed by atoms with van der Waals surface area (Å²) < 4.78 is 6.85. The van der Waals surface area contributed by atoms with Crippen LogP contribution in [0.2, 0.25) is 0 Å². The van der Waals surface area contributed by atoms with Gasteiger partial charge in [-0.25, -0.2) is 0 Å². The number of carbonyl (C=O) groups is 1. The van der Waals surface area contributed by atoms with E-state index in [2.05, 4.69) is 24.3 Å². The van der Waals surface area contributed by atoms with Crippen LogP contribution in [0.25, 0.3) is 0 Å². The number of nitrogens with zero attached hydrogens (tertiary/aromatic N) is 3. The molecule has 2 rings (SSSR count). The van der Waals surface area contributed by atoms with Crippen LogP contribution in [0, 0.1) is 21.4 Å². The van der Waals surface area contributed by atoms with E-state index in [4.69, 9.17) is 4.74 Å². The molecule has 3 unspecified atom stereocenters. The molecule has 128 valence electrons. The lowest BCUT2D eigenvalue weighted by Gasteiger charge is -2.59. The molecule has 8 nitrogen and oxygen atoms in total. The molecular formula is C15H24N4O4. The van der Waals surface area contributed by atoms with Crippen molar-refractivity contribution in [1.82, 2.24) is 15.1 Å². The first kappa shape index (κ1) is 17.4. The van der Waals surface area contributed by atoms with Gasteiger partial charge in [0.1, 0.15) is 6.20 Å². The van der Waals surface area contributed by atoms with Crippen molar-refractivity contribution in [3.05, 3.63) is 22.0 Å². The van der Waals surface area contributed by atoms with E-state index in [0.29, 0.717) is 0 Å². The molecule has 1 aromatic heterocycles. The average molecular weight is 324 g/mol. The standard InChI is InChI=1S/C15H24N4O4/c1-6-15(7-2)12(9(3)13(15)23-5)17-14(20)11-10(19(21)22)8-16-18(11)4/h8-9,12-13H,6-7H2,1-5H3,(H,17,20). The third-order valence-corrected chi connectivity index (χ3v) is 5.38. The zero-order chi connectivity index (χ0) is 17.4. The van der Waals surface area contributed by atoms with Crippen LogP contribution in [0.3, 0.4) is 0 Å². The van der Waals surface area contributed by atoms with E-state index in [9.17, 15) is 14.9 Å². The molecule has 1 aromatic rings. The molecular weight excluding hydrogens is 300 g/mol. The number of methoxy groups -OCH3 is 1. The summed E-state index contributed by atoms with van der Waals surface area (Å²) in [6.07, 6.45) is 2.91. The number of ether oxygens (including phenoxy) is 1. The van der Waals surface area contributed by atoms with Gasteiger partial charge in [-0.2, -0.15) is 5.10 Å². The zero-order valence-electron chi connectivity index (χ0n) is 14.2. The van der Waals surface area contributed by atoms with Crippen LogP contribution in [-0.4, -0.2) is 39.9 Å². The van der Waals surface area contributed by atoms with Crippen molar-refractivity contribution in [3.63, 3.8) is 0 Å². The van der Waals surface area contributed by atoms with Gasteiger partial charge >= 0.3 is 5.69 Å². The molecule has 1 fully saturated rings. The summed E-state index contributed by atoms with van der Waals surface area (Å²) in [5.74, 6) is -0.314. The molecule has 1 N–H and O–H groups in total. The monoisotopic (exact) mass is 324 g/mol. The largest absolute Gasteiger partial charge is 0.380 e. The van der Waals surface area contributed by atoms with Gasteiger partial charge in [0.2, 0.25) is 5.69 Å². The van der Waals surface area contributed by atoms with E-state index >= 15 is 0 Å². The summed E-state index contributed by atoms with van der Waals surface area (Å²) in [5, 5.41) is 17.9. The highest BCUT2D eigenvalue weighted by atomic mass is 16.6. The van der Waals surface area contributed by atoms with Crippen molar-refractivity contribution < 1.29 is 14.5 Å². The summed E-state index contributed by atoms with van der Waals surface area (Å²) in [5.41, 5.74) is -0.444. The normalized spacial score (nSPS) is 25.7. The van der Waals surface area contributed by atoms with Crippen LogP contribution < -0.4 is 5.32 Å². The lowest BCUT2D eigenvalue weighted by molar-refractivity contribution is -0.385. The molecule has 0 radical (unpaired) electrons. The number of nitrogens with one attached hydrogen (secondary N) is 1. The fraction of sp³-hybridized carbons (Fsp3) is 0.733. The van der Waals surface area contributed by atoms with E-state index in [1.54, 1.807) is 7.11 Å². The maximum Gasteiger partial charge on any atom is 0.320 e. The van der Waals surface area contributed by atoms with Crippen molar-refractivity contribution in [1.29, 1.82) is 0 Å². The Hall–Kier alpha value is -1.96. The van der Waals surface area contributed by atoms with Gasteiger partial charge in [-0.1, -0.05) is 20.8 Å². The number of rotatable bonds is 6. The number of carbonyl (C=O) groups excluding carboxylic acids is 1. The summed E-state index contributed by atoms with van der Waals surface area (Å²) in [7, 11) is 3.21. The molecule has 1 aliphatic rings. The van der Waals surface area contributed by atoms with E-state index < -0.39 is 10.8 Å². The Balaban J connectivity index is 2.27. The summed E-state index contributed by atoms with van der Waals surface area (Å²) in [4.78, 5) is 23.1. The van der Waals surface area contributed by atoms with Crippen molar-refractivity contribution in [2.24, 2.45) is 18.4 Å². The van der Waals surface area contributed by atoms with Gasteiger partial charge in [-0.15, -0.1) is 0 Å². The number of amides is 1. The number of aryl methyl sites for hydroxylation is 1. The molecule has 1 heterocycles. The minimum atomic E-state index is -0.586. The Morgan fingerprint density at radius 3 is 2.61 bits per heavy atom. The van der Waals surface area contributed by atoms with Crippen LogP contribution in [-0.2, 0) is 11.8 Å². The Kier molecular flexibility index (Phi) is 4.74. The van der Waals surface area contributed by atoms with Gasteiger partial charge < -0.3 is 10.1 Å². The van der Waals surface area contributed by atoms with Gasteiger partial charge in [0, 0.05) is 31.5 Å². The SMILES string of the molecule is CCC1(CC)C(NC(=O)c2c([N+](=O)[O-])cnn2C)C(C)C1OC. The number of hydrogen-bond donors (Lipinski definition) is 1. The molecule has 1 saturated carbocycles. The first-order valence-electron chi connectivity index (χ1n) is 7.84. The second-order valence-corrected chi connectivity index (χ2v) is 6.17. The number of aromatic nitrogens is 2. The second-order valence-electron chi connectivity index (χ2n) is 6.17. The Bertz CT molecular complexity index is 609. The first-order chi connectivity index (χ1) is 10.8. The molecule has 3 atom stereocenters. The zero-order valence-corrected chi connectivity index (χ0v) is 14.2. The van der Waals surface area contributed by atoms with Gasteiger partial charge in [-0.3, -0.25) is 19.6 Å². The van der Waals surface area contributed by atoms with Crippen LogP contribution in [0.5, 0.6) is 0 Å². The number of nitro groups is 1. The van der Waals surface area contributed by atoms with E-state index in [-0.39, 0.29) is 34.9 Å². The summed E-state index contributed by atoms with van der Waals surface area (Å²) >= 11 is 0. The van der Waals surface area contributed by atoms with Crippen molar-refractivity contribution >= 4 is 11.6 Å². The molecule has 0 spiro atoms. The van der Waals surface area contributed by atoms with Gasteiger partial charge in [0.15, 0.2) is 0 Å². The van der Waals surface area contributed by atoms with Crippen LogP contribution in [0.15, 0.2) is 6.20 Å². The molecule has 1 amide bonds. The van der Waals surface area contributed by atoms with E-state index in [0.717, 1.165) is 19.0 Å². The van der Waals surface area contributed by atoms with E-state index in [1.807, 2.05) is 6.92 Å². The lowest BCUT2D eigenvalue weighted by Crippen LogP contribution is -2.70. The van der Waals surface area contributed by atoms with Gasteiger partial charge in [-0.05, 0) is 12.8 Å². The van der Waals surface area contributed by atoms with Crippen molar-refractivity contribution in [2.75, 3.05) is 7.11 Å². The highest BCUT2D eigenvalue weighted by Gasteiger charge is 2.59. The maximum absolute atomic E-state index is 12.6. The summed E-state index contributed by atoms with van der Waals surface area (Å²) in [6, 6.07) is -0.0792. The van der Waals surface area contributed by atoms with Gasteiger partial charge in [0.05, 0.1) is 11.0 Å². The molecule has 0 aromatic carbocycles.